The number of ether oxygens (including phenoxy) is 1. The van der Waals surface area contributed by atoms with Gasteiger partial charge in [0.1, 0.15) is 0 Å². The summed E-state index contributed by atoms with van der Waals surface area (Å²) in [5.41, 5.74) is 2.47. The van der Waals surface area contributed by atoms with Crippen LogP contribution in [0.3, 0.4) is 0 Å². The summed E-state index contributed by atoms with van der Waals surface area (Å²) < 4.78 is 5.46. The van der Waals surface area contributed by atoms with Crippen molar-refractivity contribution in [3.05, 3.63) is 0 Å². The lowest BCUT2D eigenvalue weighted by Crippen LogP contribution is -2.36. The molecule has 0 aromatic carbocycles. The first-order valence-corrected chi connectivity index (χ1v) is 7.29. The molecule has 0 bridgehead atoms. The maximum Gasteiger partial charge on any atom is 0.323 e. The van der Waals surface area contributed by atoms with Crippen LogP contribution in [0, 0.1) is 5.41 Å². The normalized spacial score (nSPS) is 12.1. The van der Waals surface area contributed by atoms with Crippen LogP contribution >= 0.6 is 0 Å². The highest BCUT2D eigenvalue weighted by Crippen LogP contribution is 2.29. The molecule has 0 aliphatic heterocycles. The highest BCUT2D eigenvalue weighted by Gasteiger charge is 2.26. The summed E-state index contributed by atoms with van der Waals surface area (Å²) in [6.45, 7) is 13.4. The molecule has 0 atom stereocenters. The fraction of sp³-hybridized carbons (Fsp3) is 0.786. The van der Waals surface area contributed by atoms with Crippen molar-refractivity contribution in [1.82, 2.24) is 15.0 Å². The molecule has 1 heterocycles. The number of anilines is 2. The molecule has 21 heavy (non-hydrogen) atoms. The van der Waals surface area contributed by atoms with Crippen molar-refractivity contribution >= 4 is 11.9 Å². The molecule has 4 N–H and O–H groups in total. The number of hydrogen-bond donors (Lipinski definition) is 3. The lowest BCUT2D eigenvalue weighted by atomic mass is 9.82. The Hall–Kier alpha value is -1.63. The number of nitrogens with zero attached hydrogens (tertiary/aromatic N) is 3. The van der Waals surface area contributed by atoms with E-state index in [1.54, 1.807) is 0 Å². The summed E-state index contributed by atoms with van der Waals surface area (Å²) in [5.74, 6) is 6.13. The molecule has 7 heteroatoms. The van der Waals surface area contributed by atoms with E-state index in [0.717, 1.165) is 12.8 Å². The van der Waals surface area contributed by atoms with Gasteiger partial charge in [0.25, 0.3) is 0 Å². The third kappa shape index (κ3) is 6.57. The van der Waals surface area contributed by atoms with Crippen LogP contribution < -0.4 is 21.3 Å². The average Bonchev–Trinajstić information content (AvgIpc) is 2.32. The molecule has 0 unspecified atom stereocenters. The summed E-state index contributed by atoms with van der Waals surface area (Å²) in [7, 11) is 0. The molecule has 0 amide bonds. The van der Waals surface area contributed by atoms with Crippen LogP contribution in [0.25, 0.3) is 0 Å². The standard InChI is InChI=1S/C14H28N6O/c1-7-8-21-12-17-10(16-11(18-12)20-15)19-14(5,6)9-13(2,3)4/h7-9,15H2,1-6H3,(H2,16,17,18,19,20). The zero-order chi connectivity index (χ0) is 16.1. The fourth-order valence-electron chi connectivity index (χ4n) is 2.41. The molecule has 1 aromatic rings. The summed E-state index contributed by atoms with van der Waals surface area (Å²) in [4.78, 5) is 12.6. The number of nitrogen functional groups attached to an aromatic ring is 1. The minimum Gasteiger partial charge on any atom is -0.463 e. The van der Waals surface area contributed by atoms with Gasteiger partial charge in [0.15, 0.2) is 0 Å². The van der Waals surface area contributed by atoms with Gasteiger partial charge in [-0.15, -0.1) is 0 Å². The molecule has 0 saturated carbocycles. The first kappa shape index (κ1) is 17.4. The molecule has 0 fully saturated rings. The fourth-order valence-corrected chi connectivity index (χ4v) is 2.41. The molecular formula is C14H28N6O. The molecule has 0 saturated heterocycles. The number of aromatic nitrogens is 3. The minimum atomic E-state index is -0.159. The topological polar surface area (TPSA) is 98.0 Å². The maximum atomic E-state index is 5.46. The van der Waals surface area contributed by atoms with Crippen LogP contribution in [0.2, 0.25) is 0 Å². The van der Waals surface area contributed by atoms with E-state index >= 15 is 0 Å². The molecule has 0 spiro atoms. The molecule has 120 valence electrons. The van der Waals surface area contributed by atoms with Gasteiger partial charge in [-0.25, -0.2) is 5.84 Å². The summed E-state index contributed by atoms with van der Waals surface area (Å²) in [6.07, 6.45) is 1.84. The summed E-state index contributed by atoms with van der Waals surface area (Å²) in [6, 6.07) is 0.272. The van der Waals surface area contributed by atoms with Crippen molar-refractivity contribution in [3.8, 4) is 6.01 Å². The Labute approximate surface area is 127 Å². The zero-order valence-electron chi connectivity index (χ0n) is 13.9. The highest BCUT2D eigenvalue weighted by atomic mass is 16.5. The van der Waals surface area contributed by atoms with Crippen LogP contribution in [-0.4, -0.2) is 27.1 Å². The Morgan fingerprint density at radius 3 is 2.19 bits per heavy atom. The Bertz CT molecular complexity index is 455. The maximum absolute atomic E-state index is 5.46. The lowest BCUT2D eigenvalue weighted by Gasteiger charge is -2.33. The van der Waals surface area contributed by atoms with Crippen molar-refractivity contribution in [2.24, 2.45) is 11.3 Å². The van der Waals surface area contributed by atoms with E-state index in [0.29, 0.717) is 12.6 Å². The zero-order valence-corrected chi connectivity index (χ0v) is 13.9. The average molecular weight is 296 g/mol. The van der Waals surface area contributed by atoms with Crippen LogP contribution in [0.15, 0.2) is 0 Å². The number of rotatable bonds is 7. The number of nitrogens with two attached hydrogens (primary N) is 1. The van der Waals surface area contributed by atoms with E-state index in [1.165, 1.54) is 0 Å². The van der Waals surface area contributed by atoms with E-state index in [2.05, 4.69) is 60.3 Å². The minimum absolute atomic E-state index is 0.159. The van der Waals surface area contributed by atoms with Crippen LogP contribution in [0.4, 0.5) is 11.9 Å². The highest BCUT2D eigenvalue weighted by molar-refractivity contribution is 5.37. The van der Waals surface area contributed by atoms with Crippen LogP contribution in [0.5, 0.6) is 6.01 Å². The third-order valence-corrected chi connectivity index (χ3v) is 2.60. The van der Waals surface area contributed by atoms with Crippen molar-refractivity contribution < 1.29 is 4.74 Å². The van der Waals surface area contributed by atoms with Crippen LogP contribution in [-0.2, 0) is 0 Å². The third-order valence-electron chi connectivity index (χ3n) is 2.60. The predicted octanol–water partition coefficient (Wildman–Crippen LogP) is 2.57. The Kier molecular flexibility index (Phi) is 5.71. The Morgan fingerprint density at radius 2 is 1.67 bits per heavy atom. The molecule has 0 aliphatic carbocycles. The summed E-state index contributed by atoms with van der Waals surface area (Å²) in [5, 5.41) is 3.33. The van der Waals surface area contributed by atoms with Gasteiger partial charge in [-0.05, 0) is 32.1 Å². The van der Waals surface area contributed by atoms with Gasteiger partial charge in [-0.1, -0.05) is 27.7 Å². The largest absolute Gasteiger partial charge is 0.463 e. The second kappa shape index (κ2) is 6.89. The van der Waals surface area contributed by atoms with E-state index in [1.807, 2.05) is 6.92 Å². The van der Waals surface area contributed by atoms with E-state index in [4.69, 9.17) is 10.6 Å². The van der Waals surface area contributed by atoms with Gasteiger partial charge in [-0.3, -0.25) is 5.43 Å². The molecule has 1 aromatic heterocycles. The van der Waals surface area contributed by atoms with Gasteiger partial charge >= 0.3 is 6.01 Å². The molecular weight excluding hydrogens is 268 g/mol. The van der Waals surface area contributed by atoms with E-state index in [9.17, 15) is 0 Å². The van der Waals surface area contributed by atoms with Crippen molar-refractivity contribution in [3.63, 3.8) is 0 Å². The van der Waals surface area contributed by atoms with Gasteiger partial charge in [0.05, 0.1) is 6.61 Å². The van der Waals surface area contributed by atoms with Crippen molar-refractivity contribution in [2.45, 2.75) is 59.9 Å². The van der Waals surface area contributed by atoms with Gasteiger partial charge in [0, 0.05) is 5.54 Å². The monoisotopic (exact) mass is 296 g/mol. The van der Waals surface area contributed by atoms with Gasteiger partial charge < -0.3 is 10.1 Å². The predicted molar refractivity (Wildman–Crippen MR) is 85.2 cm³/mol. The van der Waals surface area contributed by atoms with Crippen molar-refractivity contribution in [1.29, 1.82) is 0 Å². The second-order valence-electron chi connectivity index (χ2n) is 7.00. The smallest absolute Gasteiger partial charge is 0.323 e. The van der Waals surface area contributed by atoms with Gasteiger partial charge in [0.2, 0.25) is 11.9 Å². The SMILES string of the molecule is CCCOc1nc(NN)nc(NC(C)(C)CC(C)(C)C)n1. The quantitative estimate of drug-likeness (QED) is 0.525. The van der Waals surface area contributed by atoms with E-state index in [-0.39, 0.29) is 22.9 Å². The molecule has 0 aliphatic rings. The van der Waals surface area contributed by atoms with Crippen LogP contribution in [0.1, 0.15) is 54.4 Å². The number of hydrazine groups is 1. The van der Waals surface area contributed by atoms with Gasteiger partial charge in [-0.2, -0.15) is 15.0 Å². The first-order chi connectivity index (χ1) is 9.65. The van der Waals surface area contributed by atoms with Crippen molar-refractivity contribution in [2.75, 3.05) is 17.3 Å². The first-order valence-electron chi connectivity index (χ1n) is 7.29. The van der Waals surface area contributed by atoms with E-state index < -0.39 is 0 Å². The number of nitrogens with one attached hydrogen (secondary N) is 2. The Balaban J connectivity index is 2.90. The second-order valence-corrected chi connectivity index (χ2v) is 7.00. The molecule has 0 radical (unpaired) electrons. The number of hydrogen-bond acceptors (Lipinski definition) is 7. The molecule has 7 nitrogen and oxygen atoms in total. The Morgan fingerprint density at radius 1 is 1.05 bits per heavy atom. The lowest BCUT2D eigenvalue weighted by molar-refractivity contribution is 0.289. The summed E-state index contributed by atoms with van der Waals surface area (Å²) >= 11 is 0. The molecule has 1 rings (SSSR count).